The topological polar surface area (TPSA) is 308 Å². The van der Waals surface area contributed by atoms with E-state index in [0.717, 1.165) is 21.4 Å². The second kappa shape index (κ2) is 18.5. The van der Waals surface area contributed by atoms with E-state index in [2.05, 4.69) is 44.2 Å². The van der Waals surface area contributed by atoms with E-state index in [9.17, 15) is 48.6 Å². The van der Waals surface area contributed by atoms with Crippen LogP contribution in [0.15, 0.2) is 30.5 Å². The molecule has 19 nitrogen and oxygen atoms in total. The lowest BCUT2D eigenvalue weighted by Crippen LogP contribution is -2.59. The Morgan fingerprint density at radius 3 is 2.17 bits per heavy atom. The fraction of sp³-hybridized carbons (Fsp3) is 0.515. The van der Waals surface area contributed by atoms with Crippen LogP contribution in [-0.4, -0.2) is 129 Å². The summed E-state index contributed by atoms with van der Waals surface area (Å²) < 4.78 is 0. The number of H-pyrrole nitrogens is 1. The summed E-state index contributed by atoms with van der Waals surface area (Å²) in [6, 6.07) is 1.02. The summed E-state index contributed by atoms with van der Waals surface area (Å²) in [5, 5.41) is 32.3. The lowest BCUT2D eigenvalue weighted by Gasteiger charge is -2.30. The zero-order valence-electron chi connectivity index (χ0n) is 29.5. The molecule has 0 saturated carbocycles. The van der Waals surface area contributed by atoms with Crippen LogP contribution in [0.1, 0.15) is 39.2 Å². The number of carboxylic acid groups (broad SMARTS) is 1. The van der Waals surface area contributed by atoms with E-state index in [0.29, 0.717) is 0 Å². The van der Waals surface area contributed by atoms with Gasteiger partial charge in [0.1, 0.15) is 24.2 Å². The first kappa shape index (κ1) is 42.2. The highest BCUT2D eigenvalue weighted by molar-refractivity contribution is 7.80. The number of carbonyl (C=O) groups excluding carboxylic acids is 7. The van der Waals surface area contributed by atoms with Gasteiger partial charge >= 0.3 is 5.97 Å². The van der Waals surface area contributed by atoms with Gasteiger partial charge in [-0.3, -0.25) is 33.6 Å². The summed E-state index contributed by atoms with van der Waals surface area (Å²) in [5.74, 6) is -7.47. The number of aromatic nitrogens is 1. The van der Waals surface area contributed by atoms with Gasteiger partial charge in [0.25, 0.3) is 0 Å². The Kier molecular flexibility index (Phi) is 14.7. The van der Waals surface area contributed by atoms with E-state index in [1.807, 2.05) is 24.3 Å². The maximum Gasteiger partial charge on any atom is 0.326 e. The molecule has 53 heavy (non-hydrogen) atoms. The molecule has 2 heterocycles. The highest BCUT2D eigenvalue weighted by Crippen LogP contribution is 2.21. The van der Waals surface area contributed by atoms with Crippen LogP contribution in [-0.2, 0) is 44.8 Å². The number of para-hydroxylation sites is 1. The number of hydrogen-bond donors (Lipinski definition) is 11. The molecule has 0 unspecified atom stereocenters. The molecular formula is C33H47N9O10S. The van der Waals surface area contributed by atoms with E-state index in [4.69, 9.17) is 11.5 Å². The van der Waals surface area contributed by atoms with Crippen molar-refractivity contribution in [3.05, 3.63) is 36.0 Å². The van der Waals surface area contributed by atoms with Crippen molar-refractivity contribution in [2.45, 2.75) is 76.3 Å². The summed E-state index contributed by atoms with van der Waals surface area (Å²) >= 11 is 4.07. The summed E-state index contributed by atoms with van der Waals surface area (Å²) in [6.07, 6.45) is -0.114. The molecule has 0 aliphatic carbocycles. The van der Waals surface area contributed by atoms with Gasteiger partial charge in [0.2, 0.25) is 41.4 Å². The molecule has 1 aromatic heterocycles. The maximum atomic E-state index is 13.1. The molecule has 3 rings (SSSR count). The Bertz CT molecular complexity index is 1710. The zero-order chi connectivity index (χ0) is 39.6. The molecule has 1 saturated heterocycles. The summed E-state index contributed by atoms with van der Waals surface area (Å²) in [4.78, 5) is 105. The Morgan fingerprint density at radius 1 is 0.943 bits per heavy atom. The Balaban J connectivity index is 1.53. The number of thiol groups is 1. The van der Waals surface area contributed by atoms with Gasteiger partial charge in [-0.2, -0.15) is 12.6 Å². The Labute approximate surface area is 310 Å². The molecule has 7 amide bonds. The zero-order valence-corrected chi connectivity index (χ0v) is 30.4. The third-order valence-corrected chi connectivity index (χ3v) is 8.80. The number of amides is 7. The number of carbonyl (C=O) groups is 8. The van der Waals surface area contributed by atoms with Gasteiger partial charge in [-0.25, -0.2) is 4.79 Å². The molecule has 1 aromatic carbocycles. The molecule has 290 valence electrons. The number of rotatable bonds is 17. The maximum absolute atomic E-state index is 13.1. The lowest BCUT2D eigenvalue weighted by atomic mass is 9.86. The molecule has 0 spiro atoms. The minimum Gasteiger partial charge on any atom is -0.480 e. The number of β-amino-alcohol motifs (C(OH)–C–C–N with tert-alkyl or cyclic N) is 1. The first-order valence-corrected chi connectivity index (χ1v) is 17.3. The van der Waals surface area contributed by atoms with Gasteiger partial charge in [-0.1, -0.05) is 39.0 Å². The SMILES string of the molecule is CC(C)(C)[C@H](NC(=O)CNC(=O)[C@@H](N)Cc1c[nH]c2ccccc12)C(=O)NCC(=O)N[C@@H](CS)C(=O)N[C@@H](CC(N)=O)C(=O)N1C[C@H](O)C[C@H]1C(=O)O. The fourth-order valence-electron chi connectivity index (χ4n) is 5.69. The third-order valence-electron chi connectivity index (χ3n) is 8.43. The van der Waals surface area contributed by atoms with Gasteiger partial charge in [0.05, 0.1) is 31.7 Å². The second-order valence-corrected chi connectivity index (χ2v) is 14.1. The normalized spacial score (nSPS) is 17.9. The van der Waals surface area contributed by atoms with Crippen LogP contribution >= 0.6 is 12.6 Å². The number of carboxylic acids is 1. The minimum absolute atomic E-state index is 0.213. The lowest BCUT2D eigenvalue weighted by molar-refractivity contribution is -0.149. The van der Waals surface area contributed by atoms with Gasteiger partial charge in [0, 0.05) is 35.8 Å². The number of nitrogens with one attached hydrogen (secondary N) is 6. The molecule has 0 radical (unpaired) electrons. The smallest absolute Gasteiger partial charge is 0.326 e. The average Bonchev–Trinajstić information content (AvgIpc) is 3.69. The number of likely N-dealkylation sites (tertiary alicyclic amines) is 1. The van der Waals surface area contributed by atoms with Crippen molar-refractivity contribution in [3.8, 4) is 0 Å². The van der Waals surface area contributed by atoms with Crippen molar-refractivity contribution < 1.29 is 48.6 Å². The quantitative estimate of drug-likeness (QED) is 0.0707. The fourth-order valence-corrected chi connectivity index (χ4v) is 5.95. The van der Waals surface area contributed by atoms with Crippen molar-refractivity contribution in [1.29, 1.82) is 0 Å². The largest absolute Gasteiger partial charge is 0.480 e. The molecule has 1 aliphatic rings. The van der Waals surface area contributed by atoms with Gasteiger partial charge in [0.15, 0.2) is 0 Å². The van der Waals surface area contributed by atoms with E-state index in [1.54, 1.807) is 27.0 Å². The Morgan fingerprint density at radius 2 is 1.57 bits per heavy atom. The predicted octanol–water partition coefficient (Wildman–Crippen LogP) is -3.38. The molecule has 1 fully saturated rings. The second-order valence-electron chi connectivity index (χ2n) is 13.7. The van der Waals surface area contributed by atoms with Gasteiger partial charge in [-0.15, -0.1) is 0 Å². The van der Waals surface area contributed by atoms with Crippen molar-refractivity contribution in [1.82, 2.24) is 36.5 Å². The number of aromatic amines is 1. The number of nitrogens with two attached hydrogens (primary N) is 2. The molecule has 20 heteroatoms. The third kappa shape index (κ3) is 11.9. The van der Waals surface area contributed by atoms with Crippen LogP contribution in [0.25, 0.3) is 10.9 Å². The molecule has 12 N–H and O–H groups in total. The monoisotopic (exact) mass is 761 g/mol. The average molecular weight is 762 g/mol. The van der Waals surface area contributed by atoms with Crippen LogP contribution < -0.4 is 38.1 Å². The first-order chi connectivity index (χ1) is 24.8. The van der Waals surface area contributed by atoms with Crippen LogP contribution in [0.5, 0.6) is 0 Å². The number of aliphatic hydroxyl groups is 1. The molecule has 1 aliphatic heterocycles. The number of hydrogen-bond acceptors (Lipinski definition) is 11. The number of benzene rings is 1. The molecule has 6 atom stereocenters. The highest BCUT2D eigenvalue weighted by Gasteiger charge is 2.42. The number of aliphatic carboxylic acids is 1. The molecule has 0 bridgehead atoms. The van der Waals surface area contributed by atoms with Crippen molar-refractivity contribution in [3.63, 3.8) is 0 Å². The van der Waals surface area contributed by atoms with Gasteiger partial charge < -0.3 is 58.1 Å². The van der Waals surface area contributed by atoms with E-state index < -0.39 is 109 Å². The summed E-state index contributed by atoms with van der Waals surface area (Å²) in [6.45, 7) is 3.53. The van der Waals surface area contributed by atoms with Gasteiger partial charge in [-0.05, 0) is 23.5 Å². The molecule has 2 aromatic rings. The van der Waals surface area contributed by atoms with Crippen molar-refractivity contribution in [2.75, 3.05) is 25.4 Å². The van der Waals surface area contributed by atoms with Crippen LogP contribution in [0.4, 0.5) is 0 Å². The van der Waals surface area contributed by atoms with Crippen LogP contribution in [0.2, 0.25) is 0 Å². The summed E-state index contributed by atoms with van der Waals surface area (Å²) in [5.41, 5.74) is 12.2. The minimum atomic E-state index is -1.61. The van der Waals surface area contributed by atoms with E-state index in [-0.39, 0.29) is 25.1 Å². The standard InChI is InChI=1S/C33H47N9O10S/c1-33(2,3)27(41-26(46)13-37-28(47)19(34)8-16-11-36-20-7-5-4-6-18(16)20)30(49)38-12-25(45)39-22(15-53)29(48)40-21(10-24(35)44)31(50)42-14-17(43)9-23(42)32(51)52/h4-7,11,17,19,21-23,27,36,43,53H,8-10,12-15,34H2,1-3H3,(H2,35,44)(H,37,47)(H,38,49)(H,39,45)(H,40,48)(H,41,46)(H,51,52)/t17-,19+,21+,22+,23+,27-/m1/s1. The highest BCUT2D eigenvalue weighted by atomic mass is 32.1. The Hall–Kier alpha value is -5.21. The van der Waals surface area contributed by atoms with Crippen LogP contribution in [0, 0.1) is 5.41 Å². The van der Waals surface area contributed by atoms with Crippen molar-refractivity contribution in [2.24, 2.45) is 16.9 Å². The van der Waals surface area contributed by atoms with Crippen molar-refractivity contribution >= 4 is 70.9 Å². The van der Waals surface area contributed by atoms with E-state index in [1.165, 1.54) is 0 Å². The molecular weight excluding hydrogens is 714 g/mol. The number of aliphatic hydroxyl groups excluding tert-OH is 1. The van der Waals surface area contributed by atoms with E-state index >= 15 is 0 Å². The predicted molar refractivity (Wildman–Crippen MR) is 193 cm³/mol. The summed E-state index contributed by atoms with van der Waals surface area (Å²) in [7, 11) is 0. The number of fused-ring (bicyclic) bond motifs is 1. The first-order valence-electron chi connectivity index (χ1n) is 16.7. The number of primary amides is 1. The van der Waals surface area contributed by atoms with Crippen LogP contribution in [0.3, 0.4) is 0 Å². The number of nitrogens with zero attached hydrogens (tertiary/aromatic N) is 1.